The minimum Gasteiger partial charge on any atom is -0.302 e. The topological polar surface area (TPSA) is 3.24 Å². The first-order chi connectivity index (χ1) is 9.00. The predicted molar refractivity (Wildman–Crippen MR) is 84.3 cm³/mol. The van der Waals surface area contributed by atoms with Gasteiger partial charge in [0.25, 0.3) is 0 Å². The van der Waals surface area contributed by atoms with Crippen LogP contribution in [0.15, 0.2) is 6.07 Å². The Labute approximate surface area is 123 Å². The molecule has 1 fully saturated rings. The van der Waals surface area contributed by atoms with Gasteiger partial charge in [-0.2, -0.15) is 0 Å². The van der Waals surface area contributed by atoms with Crippen LogP contribution in [0, 0.1) is 27.7 Å². The van der Waals surface area contributed by atoms with Gasteiger partial charge in [0.05, 0.1) is 5.38 Å². The first kappa shape index (κ1) is 14.9. The SMILES string of the molecule is Cc1cc(C)c(C)c(C(Cl)CN2CCCCC2)c1C. The van der Waals surface area contributed by atoms with Crippen molar-refractivity contribution in [2.24, 2.45) is 0 Å². The summed E-state index contributed by atoms with van der Waals surface area (Å²) in [6.07, 6.45) is 4.04. The van der Waals surface area contributed by atoms with Crippen molar-refractivity contribution in [3.63, 3.8) is 0 Å². The van der Waals surface area contributed by atoms with Gasteiger partial charge in [-0.25, -0.2) is 0 Å². The van der Waals surface area contributed by atoms with Crippen molar-refractivity contribution in [3.05, 3.63) is 33.9 Å². The smallest absolute Gasteiger partial charge is 0.0717 e. The highest BCUT2D eigenvalue weighted by atomic mass is 35.5. The number of nitrogens with zero attached hydrogens (tertiary/aromatic N) is 1. The molecule has 1 heterocycles. The first-order valence-corrected chi connectivity index (χ1v) is 7.88. The Morgan fingerprint density at radius 3 is 2.05 bits per heavy atom. The molecule has 1 unspecified atom stereocenters. The van der Waals surface area contributed by atoms with Gasteiger partial charge in [-0.15, -0.1) is 11.6 Å². The molecule has 1 aromatic carbocycles. The summed E-state index contributed by atoms with van der Waals surface area (Å²) in [6.45, 7) is 12.2. The van der Waals surface area contributed by atoms with Gasteiger partial charge in [0.1, 0.15) is 0 Å². The average molecular weight is 280 g/mol. The molecule has 0 spiro atoms. The molecule has 1 aromatic rings. The van der Waals surface area contributed by atoms with Gasteiger partial charge in [0, 0.05) is 6.54 Å². The molecule has 2 rings (SSSR count). The largest absolute Gasteiger partial charge is 0.302 e. The molecule has 0 bridgehead atoms. The first-order valence-electron chi connectivity index (χ1n) is 7.44. The molecule has 0 saturated carbocycles. The van der Waals surface area contributed by atoms with E-state index in [1.165, 1.54) is 60.2 Å². The van der Waals surface area contributed by atoms with Gasteiger partial charge in [-0.3, -0.25) is 0 Å². The van der Waals surface area contributed by atoms with Gasteiger partial charge in [-0.1, -0.05) is 12.5 Å². The van der Waals surface area contributed by atoms with Crippen molar-refractivity contribution in [2.75, 3.05) is 19.6 Å². The van der Waals surface area contributed by atoms with Crippen LogP contribution in [0.4, 0.5) is 0 Å². The van der Waals surface area contributed by atoms with E-state index in [0.717, 1.165) is 6.54 Å². The van der Waals surface area contributed by atoms with Gasteiger partial charge >= 0.3 is 0 Å². The molecule has 1 aliphatic rings. The van der Waals surface area contributed by atoms with Crippen molar-refractivity contribution >= 4 is 11.6 Å². The van der Waals surface area contributed by atoms with E-state index < -0.39 is 0 Å². The second-order valence-electron chi connectivity index (χ2n) is 6.00. The standard InChI is InChI=1S/C17H26ClN/c1-12-10-13(2)15(4)17(14(12)3)16(18)11-19-8-6-5-7-9-19/h10,16H,5-9,11H2,1-4H3. The van der Waals surface area contributed by atoms with E-state index in [-0.39, 0.29) is 5.38 Å². The molecular weight excluding hydrogens is 254 g/mol. The van der Waals surface area contributed by atoms with Crippen LogP contribution in [-0.2, 0) is 0 Å². The third-order valence-electron chi connectivity index (χ3n) is 4.60. The van der Waals surface area contributed by atoms with Crippen LogP contribution in [0.5, 0.6) is 0 Å². The summed E-state index contributed by atoms with van der Waals surface area (Å²) >= 11 is 6.75. The molecule has 0 radical (unpaired) electrons. The van der Waals surface area contributed by atoms with Crippen molar-refractivity contribution in [1.82, 2.24) is 4.90 Å². The van der Waals surface area contributed by atoms with E-state index in [0.29, 0.717) is 0 Å². The number of likely N-dealkylation sites (tertiary alicyclic amines) is 1. The minimum atomic E-state index is 0.122. The summed E-state index contributed by atoms with van der Waals surface area (Å²) in [6, 6.07) is 2.28. The Morgan fingerprint density at radius 2 is 1.53 bits per heavy atom. The monoisotopic (exact) mass is 279 g/mol. The van der Waals surface area contributed by atoms with Crippen molar-refractivity contribution in [2.45, 2.75) is 52.3 Å². The Bertz CT molecular complexity index is 421. The lowest BCUT2D eigenvalue weighted by Gasteiger charge is -2.30. The fourth-order valence-corrected chi connectivity index (χ4v) is 3.70. The molecule has 2 heteroatoms. The third-order valence-corrected chi connectivity index (χ3v) is 4.96. The summed E-state index contributed by atoms with van der Waals surface area (Å²) in [5, 5.41) is 0.122. The Hall–Kier alpha value is -0.530. The molecule has 19 heavy (non-hydrogen) atoms. The van der Waals surface area contributed by atoms with Crippen LogP contribution >= 0.6 is 11.6 Å². The molecular formula is C17H26ClN. The maximum absolute atomic E-state index is 6.75. The Kier molecular flexibility index (Phi) is 4.92. The third kappa shape index (κ3) is 3.32. The van der Waals surface area contributed by atoms with Gasteiger partial charge < -0.3 is 4.90 Å². The summed E-state index contributed by atoms with van der Waals surface area (Å²) in [4.78, 5) is 2.53. The number of piperidine rings is 1. The average Bonchev–Trinajstić information content (AvgIpc) is 2.38. The number of rotatable bonds is 3. The fourth-order valence-electron chi connectivity index (χ4n) is 3.18. The molecule has 0 N–H and O–H groups in total. The maximum atomic E-state index is 6.75. The lowest BCUT2D eigenvalue weighted by molar-refractivity contribution is 0.228. The number of benzene rings is 1. The summed E-state index contributed by atoms with van der Waals surface area (Å²) in [7, 11) is 0. The number of hydrogen-bond acceptors (Lipinski definition) is 1. The highest BCUT2D eigenvalue weighted by Crippen LogP contribution is 2.32. The zero-order valence-corrected chi connectivity index (χ0v) is 13.5. The molecule has 1 atom stereocenters. The number of halogens is 1. The fraction of sp³-hybridized carbons (Fsp3) is 0.647. The zero-order chi connectivity index (χ0) is 14.0. The minimum absolute atomic E-state index is 0.122. The lowest BCUT2D eigenvalue weighted by Crippen LogP contribution is -2.32. The summed E-state index contributed by atoms with van der Waals surface area (Å²) in [5.74, 6) is 0. The molecule has 0 aromatic heterocycles. The number of hydrogen-bond donors (Lipinski definition) is 0. The van der Waals surface area contributed by atoms with E-state index in [1.54, 1.807) is 0 Å². The highest BCUT2D eigenvalue weighted by Gasteiger charge is 2.20. The van der Waals surface area contributed by atoms with Crippen molar-refractivity contribution in [1.29, 1.82) is 0 Å². The normalized spacial score (nSPS) is 18.6. The van der Waals surface area contributed by atoms with E-state index in [1.807, 2.05) is 0 Å². The molecule has 1 nitrogen and oxygen atoms in total. The van der Waals surface area contributed by atoms with E-state index in [2.05, 4.69) is 38.7 Å². The van der Waals surface area contributed by atoms with E-state index in [9.17, 15) is 0 Å². The number of alkyl halides is 1. The number of aryl methyl sites for hydroxylation is 2. The van der Waals surface area contributed by atoms with Crippen LogP contribution in [0.25, 0.3) is 0 Å². The summed E-state index contributed by atoms with van der Waals surface area (Å²) < 4.78 is 0. The molecule has 106 valence electrons. The molecule has 1 saturated heterocycles. The Balaban J connectivity index is 2.20. The molecule has 1 aliphatic heterocycles. The van der Waals surface area contributed by atoms with Gasteiger partial charge in [0.15, 0.2) is 0 Å². The second kappa shape index (κ2) is 6.28. The maximum Gasteiger partial charge on any atom is 0.0717 e. The van der Waals surface area contributed by atoms with Crippen molar-refractivity contribution in [3.8, 4) is 0 Å². The van der Waals surface area contributed by atoms with Gasteiger partial charge in [0.2, 0.25) is 0 Å². The van der Waals surface area contributed by atoms with Gasteiger partial charge in [-0.05, 0) is 81.4 Å². The quantitative estimate of drug-likeness (QED) is 0.726. The van der Waals surface area contributed by atoms with Crippen LogP contribution in [0.3, 0.4) is 0 Å². The molecule has 0 aliphatic carbocycles. The lowest BCUT2D eigenvalue weighted by atomic mass is 9.92. The van der Waals surface area contributed by atoms with Crippen LogP contribution < -0.4 is 0 Å². The van der Waals surface area contributed by atoms with Crippen LogP contribution in [0.2, 0.25) is 0 Å². The summed E-state index contributed by atoms with van der Waals surface area (Å²) in [5.41, 5.74) is 6.84. The predicted octanol–water partition coefficient (Wildman–Crippen LogP) is 4.69. The highest BCUT2D eigenvalue weighted by molar-refractivity contribution is 6.21. The van der Waals surface area contributed by atoms with Crippen LogP contribution in [0.1, 0.15) is 52.5 Å². The van der Waals surface area contributed by atoms with Crippen molar-refractivity contribution < 1.29 is 0 Å². The van der Waals surface area contributed by atoms with E-state index in [4.69, 9.17) is 11.6 Å². The van der Waals surface area contributed by atoms with E-state index >= 15 is 0 Å². The molecule has 0 amide bonds. The van der Waals surface area contributed by atoms with Crippen LogP contribution in [-0.4, -0.2) is 24.5 Å². The zero-order valence-electron chi connectivity index (χ0n) is 12.7. The Morgan fingerprint density at radius 1 is 1.00 bits per heavy atom. The second-order valence-corrected chi connectivity index (χ2v) is 6.53.